The number of furan rings is 1. The molecule has 0 fully saturated rings. The maximum atomic E-state index is 6.31. The summed E-state index contributed by atoms with van der Waals surface area (Å²) in [6.07, 6.45) is 0. The minimum absolute atomic E-state index is 0.690. The highest BCUT2D eigenvalue weighted by molar-refractivity contribution is 6.29. The fourth-order valence-corrected chi connectivity index (χ4v) is 8.77. The quantitative estimate of drug-likeness (QED) is 0.186. The predicted molar refractivity (Wildman–Crippen MR) is 225 cm³/mol. The van der Waals surface area contributed by atoms with Gasteiger partial charge in [-0.2, -0.15) is 0 Å². The predicted octanol–water partition coefficient (Wildman–Crippen LogP) is 13.4. The zero-order valence-electron chi connectivity index (χ0n) is 29.0. The molecule has 4 nitrogen and oxygen atoms in total. The minimum Gasteiger partial charge on any atom is -0.456 e. The van der Waals surface area contributed by atoms with Gasteiger partial charge in [0.15, 0.2) is 5.82 Å². The summed E-state index contributed by atoms with van der Waals surface area (Å²) in [5, 5.41) is 13.0. The molecule has 12 rings (SSSR count). The highest BCUT2D eigenvalue weighted by Crippen LogP contribution is 2.43. The molecule has 0 atom stereocenters. The second-order valence-corrected chi connectivity index (χ2v) is 14.1. The third-order valence-corrected chi connectivity index (χ3v) is 11.2. The van der Waals surface area contributed by atoms with Crippen LogP contribution in [-0.4, -0.2) is 14.5 Å². The van der Waals surface area contributed by atoms with Crippen molar-refractivity contribution in [3.8, 4) is 28.3 Å². The molecule has 0 saturated heterocycles. The van der Waals surface area contributed by atoms with E-state index < -0.39 is 0 Å². The molecule has 3 aromatic heterocycles. The second-order valence-electron chi connectivity index (χ2n) is 14.1. The van der Waals surface area contributed by atoms with E-state index in [2.05, 4.69) is 162 Å². The first-order chi connectivity index (χ1) is 26.8. The van der Waals surface area contributed by atoms with Crippen LogP contribution in [0.3, 0.4) is 0 Å². The number of para-hydroxylation sites is 2. The average Bonchev–Trinajstić information content (AvgIpc) is 3.78. The molecule has 0 N–H and O–H groups in total. The van der Waals surface area contributed by atoms with Crippen LogP contribution in [0.1, 0.15) is 0 Å². The van der Waals surface area contributed by atoms with Crippen LogP contribution in [0.25, 0.3) is 115 Å². The highest BCUT2D eigenvalue weighted by atomic mass is 16.3. The van der Waals surface area contributed by atoms with Crippen LogP contribution in [0.5, 0.6) is 0 Å². The summed E-state index contributed by atoms with van der Waals surface area (Å²) in [7, 11) is 0. The Labute approximate surface area is 309 Å². The van der Waals surface area contributed by atoms with Gasteiger partial charge in [0.05, 0.1) is 27.9 Å². The van der Waals surface area contributed by atoms with Gasteiger partial charge in [0.1, 0.15) is 11.2 Å². The number of fused-ring (bicyclic) bond motifs is 12. The maximum absolute atomic E-state index is 6.31. The lowest BCUT2D eigenvalue weighted by Crippen LogP contribution is -1.99. The smallest absolute Gasteiger partial charge is 0.161 e. The SMILES string of the molecule is c1ccc2c(c1)ccc1c2c2c3ccccc3ccc2n1-c1ccc(-c2nc(-c3ccc4c(c3)oc3ccccc34)c3ccccc3n2)c2ccccc12. The van der Waals surface area contributed by atoms with Gasteiger partial charge in [0, 0.05) is 43.4 Å². The molecule has 0 spiro atoms. The minimum atomic E-state index is 0.690. The molecule has 250 valence electrons. The van der Waals surface area contributed by atoms with Crippen molar-refractivity contribution in [3.05, 3.63) is 176 Å². The maximum Gasteiger partial charge on any atom is 0.161 e. The number of nitrogens with zero attached hydrogens (tertiary/aromatic N) is 3. The van der Waals surface area contributed by atoms with Crippen molar-refractivity contribution in [2.45, 2.75) is 0 Å². The van der Waals surface area contributed by atoms with Gasteiger partial charge in [0.2, 0.25) is 0 Å². The van der Waals surface area contributed by atoms with E-state index in [4.69, 9.17) is 14.4 Å². The molecule has 3 heterocycles. The van der Waals surface area contributed by atoms with Crippen LogP contribution in [0.2, 0.25) is 0 Å². The van der Waals surface area contributed by atoms with Crippen LogP contribution in [-0.2, 0) is 0 Å². The van der Waals surface area contributed by atoms with Crippen molar-refractivity contribution in [3.63, 3.8) is 0 Å². The molecular formula is C50H29N3O. The molecule has 54 heavy (non-hydrogen) atoms. The molecule has 9 aromatic carbocycles. The summed E-state index contributed by atoms with van der Waals surface area (Å²) in [5.74, 6) is 0.690. The number of benzene rings is 9. The lowest BCUT2D eigenvalue weighted by atomic mass is 10.00. The van der Waals surface area contributed by atoms with E-state index in [0.29, 0.717) is 5.82 Å². The molecule has 0 aliphatic rings. The van der Waals surface area contributed by atoms with Crippen molar-refractivity contribution in [2.24, 2.45) is 0 Å². The Kier molecular flexibility index (Phi) is 6.02. The zero-order valence-corrected chi connectivity index (χ0v) is 29.0. The summed E-state index contributed by atoms with van der Waals surface area (Å²) in [6, 6.07) is 62.5. The van der Waals surface area contributed by atoms with Crippen molar-refractivity contribution in [1.82, 2.24) is 14.5 Å². The summed E-state index contributed by atoms with van der Waals surface area (Å²) in [6.45, 7) is 0. The Bertz CT molecular complexity index is 3420. The summed E-state index contributed by atoms with van der Waals surface area (Å²) >= 11 is 0. The van der Waals surface area contributed by atoms with Gasteiger partial charge >= 0.3 is 0 Å². The molecule has 12 aromatic rings. The van der Waals surface area contributed by atoms with Gasteiger partial charge in [0.25, 0.3) is 0 Å². The molecular weight excluding hydrogens is 659 g/mol. The normalized spacial score (nSPS) is 12.1. The fourth-order valence-electron chi connectivity index (χ4n) is 8.77. The molecule has 0 amide bonds. The zero-order chi connectivity index (χ0) is 35.3. The lowest BCUT2D eigenvalue weighted by Gasteiger charge is -2.15. The first-order valence-corrected chi connectivity index (χ1v) is 18.3. The van der Waals surface area contributed by atoms with Crippen molar-refractivity contribution in [2.75, 3.05) is 0 Å². The molecule has 0 saturated carbocycles. The summed E-state index contributed by atoms with van der Waals surface area (Å²) < 4.78 is 8.76. The number of hydrogen-bond acceptors (Lipinski definition) is 3. The number of hydrogen-bond donors (Lipinski definition) is 0. The Morgan fingerprint density at radius 3 is 1.74 bits per heavy atom. The topological polar surface area (TPSA) is 43.9 Å². The third kappa shape index (κ3) is 4.13. The lowest BCUT2D eigenvalue weighted by molar-refractivity contribution is 0.669. The first-order valence-electron chi connectivity index (χ1n) is 18.3. The monoisotopic (exact) mass is 687 g/mol. The molecule has 0 bridgehead atoms. The largest absolute Gasteiger partial charge is 0.456 e. The Hall–Kier alpha value is -7.30. The van der Waals surface area contributed by atoms with Gasteiger partial charge in [-0.3, -0.25) is 0 Å². The van der Waals surface area contributed by atoms with E-state index >= 15 is 0 Å². The van der Waals surface area contributed by atoms with E-state index in [1.54, 1.807) is 0 Å². The molecule has 0 aliphatic heterocycles. The van der Waals surface area contributed by atoms with E-state index in [0.717, 1.165) is 66.1 Å². The van der Waals surface area contributed by atoms with Crippen molar-refractivity contribution in [1.29, 1.82) is 0 Å². The standard InChI is InChI=1S/C50H29N3O/c1-3-13-33-30(11-1)22-26-43-47(33)48-34-14-4-2-12-31(34)23-27-44(48)53(43)42-28-25-39(35-15-5-6-16-36(35)42)50-51-41-19-9-7-18-40(41)49(52-50)32-21-24-38-37-17-8-10-20-45(37)54-46(38)29-32/h1-29H. The average molecular weight is 688 g/mol. The Balaban J connectivity index is 1.11. The Morgan fingerprint density at radius 1 is 0.407 bits per heavy atom. The van der Waals surface area contributed by atoms with Crippen molar-refractivity contribution < 1.29 is 4.42 Å². The van der Waals surface area contributed by atoms with E-state index in [9.17, 15) is 0 Å². The van der Waals surface area contributed by atoms with Crippen LogP contribution in [0.4, 0.5) is 0 Å². The van der Waals surface area contributed by atoms with E-state index in [-0.39, 0.29) is 0 Å². The van der Waals surface area contributed by atoms with Gasteiger partial charge in [-0.05, 0) is 75.5 Å². The summed E-state index contributed by atoms with van der Waals surface area (Å²) in [5.41, 5.74) is 8.98. The van der Waals surface area contributed by atoms with Crippen LogP contribution < -0.4 is 0 Å². The van der Waals surface area contributed by atoms with E-state index in [1.807, 2.05) is 18.2 Å². The van der Waals surface area contributed by atoms with E-state index in [1.165, 1.54) is 43.4 Å². The first kappa shape index (κ1) is 29.3. The van der Waals surface area contributed by atoms with Crippen LogP contribution in [0, 0.1) is 0 Å². The third-order valence-electron chi connectivity index (χ3n) is 11.2. The van der Waals surface area contributed by atoms with Gasteiger partial charge < -0.3 is 8.98 Å². The highest BCUT2D eigenvalue weighted by Gasteiger charge is 2.21. The van der Waals surface area contributed by atoms with Gasteiger partial charge in [-0.1, -0.05) is 127 Å². The second kappa shape index (κ2) is 11.1. The van der Waals surface area contributed by atoms with Crippen molar-refractivity contribution >= 4 is 87.0 Å². The number of aromatic nitrogens is 3. The fraction of sp³-hybridized carbons (Fsp3) is 0. The number of rotatable bonds is 3. The molecule has 0 radical (unpaired) electrons. The molecule has 0 aliphatic carbocycles. The Morgan fingerprint density at radius 2 is 1.00 bits per heavy atom. The molecule has 4 heteroatoms. The summed E-state index contributed by atoms with van der Waals surface area (Å²) in [4.78, 5) is 10.6. The van der Waals surface area contributed by atoms with Crippen LogP contribution in [0.15, 0.2) is 180 Å². The van der Waals surface area contributed by atoms with Crippen LogP contribution >= 0.6 is 0 Å². The van der Waals surface area contributed by atoms with Gasteiger partial charge in [-0.25, -0.2) is 9.97 Å². The molecule has 0 unspecified atom stereocenters. The van der Waals surface area contributed by atoms with Gasteiger partial charge in [-0.15, -0.1) is 0 Å².